The van der Waals surface area contributed by atoms with E-state index in [0.717, 1.165) is 96.3 Å². The molecule has 0 spiro atoms. The summed E-state index contributed by atoms with van der Waals surface area (Å²) in [6.07, 6.45) is 75.5. The molecule has 0 aromatic heterocycles. The van der Waals surface area contributed by atoms with Crippen LogP contribution in [0.15, 0.2) is 97.2 Å². The van der Waals surface area contributed by atoms with Crippen LogP contribution in [0, 0.1) is 0 Å². The van der Waals surface area contributed by atoms with Crippen molar-refractivity contribution in [3.63, 3.8) is 0 Å². The molecule has 0 heterocycles. The van der Waals surface area contributed by atoms with Gasteiger partial charge in [0.2, 0.25) is 0 Å². The molecule has 0 saturated carbocycles. The van der Waals surface area contributed by atoms with Crippen molar-refractivity contribution < 1.29 is 28.6 Å². The van der Waals surface area contributed by atoms with Gasteiger partial charge in [-0.05, 0) is 83.5 Å². The third-order valence-electron chi connectivity index (χ3n) is 12.1. The minimum absolute atomic E-state index is 0.104. The molecule has 0 N–H and O–H groups in total. The highest BCUT2D eigenvalue weighted by atomic mass is 16.6. The molecule has 0 aliphatic carbocycles. The van der Waals surface area contributed by atoms with Gasteiger partial charge >= 0.3 is 17.9 Å². The molecule has 1 atom stereocenters. The largest absolute Gasteiger partial charge is 0.462 e. The molecule has 0 rings (SSSR count). The van der Waals surface area contributed by atoms with E-state index >= 15 is 0 Å². The molecule has 0 fully saturated rings. The quantitative estimate of drug-likeness (QED) is 0.0262. The smallest absolute Gasteiger partial charge is 0.306 e. The summed E-state index contributed by atoms with van der Waals surface area (Å²) < 4.78 is 16.8. The lowest BCUT2D eigenvalue weighted by Crippen LogP contribution is -2.30. The average Bonchev–Trinajstić information content (AvgIpc) is 3.35. The first kappa shape index (κ1) is 65.3. The van der Waals surface area contributed by atoms with E-state index in [0.29, 0.717) is 19.3 Å². The Morgan fingerprint density at radius 1 is 0.304 bits per heavy atom. The number of esters is 3. The van der Waals surface area contributed by atoms with Crippen LogP contribution >= 0.6 is 0 Å². The summed E-state index contributed by atoms with van der Waals surface area (Å²) in [5, 5.41) is 0. The van der Waals surface area contributed by atoms with Crippen molar-refractivity contribution in [1.29, 1.82) is 0 Å². The van der Waals surface area contributed by atoms with Crippen molar-refractivity contribution in [1.82, 2.24) is 0 Å². The summed E-state index contributed by atoms with van der Waals surface area (Å²) in [6, 6.07) is 0. The summed E-state index contributed by atoms with van der Waals surface area (Å²) in [5.74, 6) is -0.993. The van der Waals surface area contributed by atoms with E-state index in [9.17, 15) is 14.4 Å². The minimum Gasteiger partial charge on any atom is -0.462 e. The monoisotopic (exact) mass is 959 g/mol. The first-order valence-electron chi connectivity index (χ1n) is 28.7. The van der Waals surface area contributed by atoms with Gasteiger partial charge in [0, 0.05) is 19.3 Å². The van der Waals surface area contributed by atoms with Crippen molar-refractivity contribution in [3.8, 4) is 0 Å². The van der Waals surface area contributed by atoms with Gasteiger partial charge in [-0.3, -0.25) is 14.4 Å². The van der Waals surface area contributed by atoms with Crippen LogP contribution in [0.4, 0.5) is 0 Å². The van der Waals surface area contributed by atoms with Gasteiger partial charge in [0.1, 0.15) is 13.2 Å². The maximum Gasteiger partial charge on any atom is 0.306 e. The van der Waals surface area contributed by atoms with E-state index in [4.69, 9.17) is 14.2 Å². The van der Waals surface area contributed by atoms with Crippen LogP contribution in [-0.2, 0) is 28.6 Å². The molecule has 0 aromatic carbocycles. The summed E-state index contributed by atoms with van der Waals surface area (Å²) in [5.41, 5.74) is 0. The Kier molecular flexibility index (Phi) is 53.9. The van der Waals surface area contributed by atoms with Crippen LogP contribution in [0.5, 0.6) is 0 Å². The molecule has 6 heteroatoms. The molecule has 0 aromatic rings. The topological polar surface area (TPSA) is 78.9 Å². The number of allylic oxidation sites excluding steroid dienone is 16. The second-order valence-corrected chi connectivity index (χ2v) is 18.8. The summed E-state index contributed by atoms with van der Waals surface area (Å²) in [6.45, 7) is 6.37. The van der Waals surface area contributed by atoms with E-state index in [1.807, 2.05) is 6.08 Å². The van der Waals surface area contributed by atoms with Gasteiger partial charge < -0.3 is 14.2 Å². The maximum absolute atomic E-state index is 12.9. The predicted octanol–water partition coefficient (Wildman–Crippen LogP) is 19.3. The van der Waals surface area contributed by atoms with Crippen LogP contribution < -0.4 is 0 Å². The Hall–Kier alpha value is -3.67. The Balaban J connectivity index is 4.48. The number of carbonyl (C=O) groups excluding carboxylic acids is 3. The summed E-state index contributed by atoms with van der Waals surface area (Å²) in [4.78, 5) is 38.1. The molecule has 0 amide bonds. The lowest BCUT2D eigenvalue weighted by Gasteiger charge is -2.18. The zero-order chi connectivity index (χ0) is 50.0. The second kappa shape index (κ2) is 56.9. The van der Waals surface area contributed by atoms with Crippen LogP contribution in [0.25, 0.3) is 0 Å². The van der Waals surface area contributed by atoms with Gasteiger partial charge in [-0.15, -0.1) is 0 Å². The van der Waals surface area contributed by atoms with Crippen LogP contribution in [0.3, 0.4) is 0 Å². The number of hydrogen-bond acceptors (Lipinski definition) is 6. The second-order valence-electron chi connectivity index (χ2n) is 18.8. The maximum atomic E-state index is 12.9. The SMILES string of the molecule is CC/C=C\C/C=C\C/C=C\C/C=C\C/C=C\C/C=C\CCC(=O)OCC(COC(=O)CCCCCCCCC/C=C\C/C=C\CC)OC(=O)CCCCCCCCCCCCCCCCCCCC. The predicted molar refractivity (Wildman–Crippen MR) is 297 cm³/mol. The molecule has 69 heavy (non-hydrogen) atoms. The van der Waals surface area contributed by atoms with E-state index in [2.05, 4.69) is 112 Å². The molecule has 0 aliphatic heterocycles. The molecular formula is C63H106O6. The van der Waals surface area contributed by atoms with Gasteiger partial charge in [0.15, 0.2) is 6.10 Å². The fourth-order valence-electron chi connectivity index (χ4n) is 7.86. The Morgan fingerprint density at radius 2 is 0.594 bits per heavy atom. The third-order valence-corrected chi connectivity index (χ3v) is 12.1. The highest BCUT2D eigenvalue weighted by Crippen LogP contribution is 2.16. The number of ether oxygens (including phenoxy) is 3. The molecular weight excluding hydrogens is 853 g/mol. The molecule has 394 valence electrons. The van der Waals surface area contributed by atoms with Crippen LogP contribution in [0.2, 0.25) is 0 Å². The minimum atomic E-state index is -0.811. The Labute approximate surface area is 426 Å². The zero-order valence-electron chi connectivity index (χ0n) is 45.0. The van der Waals surface area contributed by atoms with Gasteiger partial charge in [-0.2, -0.15) is 0 Å². The van der Waals surface area contributed by atoms with E-state index < -0.39 is 6.10 Å². The highest BCUT2D eigenvalue weighted by Gasteiger charge is 2.19. The van der Waals surface area contributed by atoms with Gasteiger partial charge in [0.05, 0.1) is 0 Å². The normalized spacial score (nSPS) is 12.8. The van der Waals surface area contributed by atoms with Crippen LogP contribution in [-0.4, -0.2) is 37.2 Å². The Morgan fingerprint density at radius 3 is 0.971 bits per heavy atom. The lowest BCUT2D eigenvalue weighted by atomic mass is 10.0. The molecule has 6 nitrogen and oxygen atoms in total. The average molecular weight is 960 g/mol. The van der Waals surface area contributed by atoms with Crippen molar-refractivity contribution >= 4 is 17.9 Å². The van der Waals surface area contributed by atoms with Gasteiger partial charge in [-0.25, -0.2) is 0 Å². The summed E-state index contributed by atoms with van der Waals surface area (Å²) >= 11 is 0. The van der Waals surface area contributed by atoms with E-state index in [1.54, 1.807) is 0 Å². The number of unbranched alkanes of at least 4 members (excludes halogenated alkanes) is 24. The number of carbonyl (C=O) groups is 3. The molecule has 1 unspecified atom stereocenters. The molecule has 0 saturated heterocycles. The molecule has 0 radical (unpaired) electrons. The molecule has 0 bridgehead atoms. The fourth-order valence-corrected chi connectivity index (χ4v) is 7.86. The van der Waals surface area contributed by atoms with E-state index in [-0.39, 0.29) is 37.5 Å². The highest BCUT2D eigenvalue weighted by molar-refractivity contribution is 5.71. The first-order valence-corrected chi connectivity index (χ1v) is 28.7. The number of hydrogen-bond donors (Lipinski definition) is 0. The molecule has 0 aliphatic rings. The van der Waals surface area contributed by atoms with Crippen molar-refractivity contribution in [2.75, 3.05) is 13.2 Å². The van der Waals surface area contributed by atoms with Crippen molar-refractivity contribution in [2.24, 2.45) is 0 Å². The number of rotatable bonds is 51. The van der Waals surface area contributed by atoms with Crippen molar-refractivity contribution in [3.05, 3.63) is 97.2 Å². The van der Waals surface area contributed by atoms with Crippen molar-refractivity contribution in [2.45, 2.75) is 271 Å². The van der Waals surface area contributed by atoms with Crippen LogP contribution in [0.1, 0.15) is 265 Å². The summed E-state index contributed by atoms with van der Waals surface area (Å²) in [7, 11) is 0. The fraction of sp³-hybridized carbons (Fsp3) is 0.698. The first-order chi connectivity index (χ1) is 34.0. The van der Waals surface area contributed by atoms with Gasteiger partial charge in [-0.1, -0.05) is 259 Å². The van der Waals surface area contributed by atoms with E-state index in [1.165, 1.54) is 122 Å². The third kappa shape index (κ3) is 55.1. The van der Waals surface area contributed by atoms with Gasteiger partial charge in [0.25, 0.3) is 0 Å². The standard InChI is InChI=1S/C63H106O6/c1-4-7-10-13-16-19-22-25-28-30-32-34-35-38-41-44-47-50-53-56-62(65)68-59-60(58-67-61(64)55-52-49-46-43-40-37-27-24-21-18-15-12-9-6-3)69-63(66)57-54-51-48-45-42-39-36-33-31-29-26-23-20-17-14-11-8-5-2/h7,9-10,12,16,18-19,21,25,28,32,34,38,41,47,50,60H,4-6,8,11,13-15,17,20,22-24,26-27,29-31,33,35-37,39-40,42-46,48-49,51-59H2,1-3H3/b10-7-,12-9-,19-16-,21-18-,28-25-,34-32-,41-38-,50-47-. The lowest BCUT2D eigenvalue weighted by molar-refractivity contribution is -0.166. The zero-order valence-corrected chi connectivity index (χ0v) is 45.0. The Bertz CT molecular complexity index is 1380.